The molecule has 2 heterocycles. The Kier molecular flexibility index (Phi) is 7.90. The quantitative estimate of drug-likeness (QED) is 0.600. The van der Waals surface area contributed by atoms with E-state index >= 15 is 0 Å². The second kappa shape index (κ2) is 11.3. The van der Waals surface area contributed by atoms with E-state index in [9.17, 15) is 9.59 Å². The lowest BCUT2D eigenvalue weighted by atomic mass is 9.86. The highest BCUT2D eigenvalue weighted by Gasteiger charge is 2.29. The predicted octanol–water partition coefficient (Wildman–Crippen LogP) is 4.14. The standard InChI is InChI=1S/C27H33N3O5/c1-4-35-27(32)18-10-13-20(14-11-18)28-26(31)22-17-21-8-6-5-7-9-23(30(21)29-22)19-12-15-24(33-2)25(16-19)34-3/h5,7,9,12,15-18,20H,4,6,8,10-11,13-14H2,1-3H3,(H,28,31)/b7-5-,23-9-. The zero-order chi connectivity index (χ0) is 24.8. The lowest BCUT2D eigenvalue weighted by Gasteiger charge is -2.27. The van der Waals surface area contributed by atoms with Gasteiger partial charge in [0, 0.05) is 17.3 Å². The van der Waals surface area contributed by atoms with Gasteiger partial charge < -0.3 is 19.5 Å². The third-order valence-corrected chi connectivity index (χ3v) is 6.56. The number of methoxy groups -OCH3 is 2. The summed E-state index contributed by atoms with van der Waals surface area (Å²) in [5, 5.41) is 7.81. The largest absolute Gasteiger partial charge is 0.493 e. The van der Waals surface area contributed by atoms with Crippen molar-refractivity contribution < 1.29 is 23.8 Å². The predicted molar refractivity (Wildman–Crippen MR) is 132 cm³/mol. The molecule has 35 heavy (non-hydrogen) atoms. The normalized spacial score (nSPS) is 22.0. The number of esters is 1. The minimum absolute atomic E-state index is 0.0278. The van der Waals surface area contributed by atoms with E-state index in [1.165, 1.54) is 0 Å². The Balaban J connectivity index is 1.52. The highest BCUT2D eigenvalue weighted by molar-refractivity contribution is 5.93. The summed E-state index contributed by atoms with van der Waals surface area (Å²) in [5.41, 5.74) is 3.11. The number of carbonyl (C=O) groups excluding carboxylic acids is 2. The van der Waals surface area contributed by atoms with Crippen molar-refractivity contribution in [1.29, 1.82) is 0 Å². The number of amides is 1. The topological polar surface area (TPSA) is 91.7 Å². The van der Waals surface area contributed by atoms with Crippen molar-refractivity contribution in [2.24, 2.45) is 5.92 Å². The van der Waals surface area contributed by atoms with Crippen molar-refractivity contribution in [1.82, 2.24) is 15.1 Å². The summed E-state index contributed by atoms with van der Waals surface area (Å²) in [7, 11) is 3.21. The number of nitrogens with one attached hydrogen (secondary N) is 1. The number of hydrogen-bond acceptors (Lipinski definition) is 6. The molecule has 1 saturated carbocycles. The Morgan fingerprint density at radius 1 is 1.09 bits per heavy atom. The molecule has 1 aromatic carbocycles. The first-order valence-electron chi connectivity index (χ1n) is 12.2. The second-order valence-corrected chi connectivity index (χ2v) is 8.80. The summed E-state index contributed by atoms with van der Waals surface area (Å²) in [6, 6.07) is 7.62. The fourth-order valence-electron chi connectivity index (χ4n) is 4.68. The van der Waals surface area contributed by atoms with Gasteiger partial charge in [0.25, 0.3) is 5.91 Å². The van der Waals surface area contributed by atoms with Crippen LogP contribution in [0, 0.1) is 5.92 Å². The van der Waals surface area contributed by atoms with Crippen molar-refractivity contribution in [2.45, 2.75) is 51.5 Å². The van der Waals surface area contributed by atoms with E-state index in [1.54, 1.807) is 14.2 Å². The van der Waals surface area contributed by atoms with Crippen molar-refractivity contribution in [3.63, 3.8) is 0 Å². The minimum atomic E-state index is -0.191. The van der Waals surface area contributed by atoms with Crippen LogP contribution in [0.4, 0.5) is 0 Å². The van der Waals surface area contributed by atoms with Crippen LogP contribution in [0.15, 0.2) is 42.5 Å². The molecule has 0 unspecified atom stereocenters. The molecule has 1 aliphatic carbocycles. The first-order chi connectivity index (χ1) is 17.0. The van der Waals surface area contributed by atoms with Crippen molar-refractivity contribution in [3.05, 3.63) is 59.4 Å². The van der Waals surface area contributed by atoms with Gasteiger partial charge in [-0.05, 0) is 75.8 Å². The smallest absolute Gasteiger partial charge is 0.308 e. The van der Waals surface area contributed by atoms with Crippen molar-refractivity contribution in [2.75, 3.05) is 20.8 Å². The first-order valence-corrected chi connectivity index (χ1v) is 12.2. The lowest BCUT2D eigenvalue weighted by Crippen LogP contribution is -2.39. The van der Waals surface area contributed by atoms with Gasteiger partial charge in [-0.3, -0.25) is 9.59 Å². The maximum atomic E-state index is 13.1. The van der Waals surface area contributed by atoms with Gasteiger partial charge in [-0.1, -0.05) is 12.2 Å². The zero-order valence-corrected chi connectivity index (χ0v) is 20.6. The van der Waals surface area contributed by atoms with Crippen LogP contribution >= 0.6 is 0 Å². The van der Waals surface area contributed by atoms with Crippen LogP contribution in [0.3, 0.4) is 0 Å². The number of allylic oxidation sites excluding steroid dienone is 3. The number of hydrogen-bond donors (Lipinski definition) is 1. The molecule has 0 radical (unpaired) electrons. The van der Waals surface area contributed by atoms with Crippen molar-refractivity contribution in [3.8, 4) is 11.5 Å². The number of aromatic nitrogens is 2. The van der Waals surface area contributed by atoms with E-state index < -0.39 is 0 Å². The summed E-state index contributed by atoms with van der Waals surface area (Å²) in [4.78, 5) is 25.1. The summed E-state index contributed by atoms with van der Waals surface area (Å²) < 4.78 is 17.8. The molecule has 186 valence electrons. The molecule has 8 nitrogen and oxygen atoms in total. The number of nitrogens with zero attached hydrogens (tertiary/aromatic N) is 2. The fraction of sp³-hybridized carbons (Fsp3) is 0.444. The minimum Gasteiger partial charge on any atom is -0.493 e. The van der Waals surface area contributed by atoms with Gasteiger partial charge in [-0.25, -0.2) is 4.68 Å². The van der Waals surface area contributed by atoms with Crippen molar-refractivity contribution >= 4 is 17.6 Å². The number of aryl methyl sites for hydroxylation is 1. The van der Waals surface area contributed by atoms with E-state index in [4.69, 9.17) is 19.3 Å². The molecule has 2 aliphatic rings. The number of rotatable bonds is 7. The number of ether oxygens (including phenoxy) is 3. The first kappa shape index (κ1) is 24.6. The Bertz CT molecular complexity index is 1130. The average molecular weight is 480 g/mol. The summed E-state index contributed by atoms with van der Waals surface area (Å²) in [5.74, 6) is 0.883. The zero-order valence-electron chi connectivity index (χ0n) is 20.6. The van der Waals surface area contributed by atoms with Gasteiger partial charge >= 0.3 is 5.97 Å². The van der Waals surface area contributed by atoms with Gasteiger partial charge in [-0.15, -0.1) is 0 Å². The van der Waals surface area contributed by atoms with Crippen LogP contribution in [0.25, 0.3) is 5.70 Å². The Morgan fingerprint density at radius 3 is 2.57 bits per heavy atom. The van der Waals surface area contributed by atoms with E-state index in [-0.39, 0.29) is 23.8 Å². The van der Waals surface area contributed by atoms with Gasteiger partial charge in [-0.2, -0.15) is 5.10 Å². The molecule has 1 amide bonds. The maximum absolute atomic E-state index is 13.1. The highest BCUT2D eigenvalue weighted by Crippen LogP contribution is 2.32. The highest BCUT2D eigenvalue weighted by atomic mass is 16.5. The van der Waals surface area contributed by atoms with Gasteiger partial charge in [0.1, 0.15) is 0 Å². The van der Waals surface area contributed by atoms with E-state index in [1.807, 2.05) is 48.0 Å². The summed E-state index contributed by atoms with van der Waals surface area (Å²) in [6.07, 6.45) is 10.7. The molecule has 1 aromatic heterocycles. The van der Waals surface area contributed by atoms with Crippen LogP contribution in [0.1, 0.15) is 60.8 Å². The van der Waals surface area contributed by atoms with Gasteiger partial charge in [0.2, 0.25) is 0 Å². The summed E-state index contributed by atoms with van der Waals surface area (Å²) >= 11 is 0. The van der Waals surface area contributed by atoms with E-state index in [2.05, 4.69) is 11.4 Å². The average Bonchev–Trinajstić information content (AvgIpc) is 3.27. The van der Waals surface area contributed by atoms with Crippen LogP contribution in [-0.4, -0.2) is 48.5 Å². The molecule has 2 aromatic rings. The van der Waals surface area contributed by atoms with Crippen LogP contribution in [-0.2, 0) is 16.0 Å². The molecular weight excluding hydrogens is 446 g/mol. The monoisotopic (exact) mass is 479 g/mol. The van der Waals surface area contributed by atoms with Crippen LogP contribution in [0.5, 0.6) is 11.5 Å². The summed E-state index contributed by atoms with van der Waals surface area (Å²) in [6.45, 7) is 2.22. The third-order valence-electron chi connectivity index (χ3n) is 6.56. The van der Waals surface area contributed by atoms with Crippen LogP contribution < -0.4 is 14.8 Å². The molecule has 1 fully saturated rings. The molecular formula is C27H33N3O5. The molecule has 0 atom stereocenters. The maximum Gasteiger partial charge on any atom is 0.308 e. The van der Waals surface area contributed by atoms with Gasteiger partial charge in [0.15, 0.2) is 17.2 Å². The molecule has 1 N–H and O–H groups in total. The fourth-order valence-corrected chi connectivity index (χ4v) is 4.68. The Hall–Kier alpha value is -3.55. The van der Waals surface area contributed by atoms with Gasteiger partial charge in [0.05, 0.1) is 32.4 Å². The number of benzene rings is 1. The Labute approximate surface area is 205 Å². The molecule has 0 saturated heterocycles. The van der Waals surface area contributed by atoms with E-state index in [0.29, 0.717) is 23.8 Å². The molecule has 1 aliphatic heterocycles. The SMILES string of the molecule is CCOC(=O)C1CCC(NC(=O)c2cc3n(n2)/C(c2ccc(OC)c(OC)c2)=C\C=C/CC3)CC1. The van der Waals surface area contributed by atoms with E-state index in [0.717, 1.165) is 55.5 Å². The molecule has 0 bridgehead atoms. The number of carbonyl (C=O) groups is 2. The molecule has 4 rings (SSSR count). The molecule has 8 heteroatoms. The lowest BCUT2D eigenvalue weighted by molar-refractivity contribution is -0.149. The molecule has 0 spiro atoms. The van der Waals surface area contributed by atoms with Crippen LogP contribution in [0.2, 0.25) is 0 Å². The third kappa shape index (κ3) is 5.58. The Morgan fingerprint density at radius 2 is 1.86 bits per heavy atom. The number of fused-ring (bicyclic) bond motifs is 1. The second-order valence-electron chi connectivity index (χ2n) is 8.80.